The lowest BCUT2D eigenvalue weighted by Crippen LogP contribution is -2.21. The van der Waals surface area contributed by atoms with Crippen LogP contribution < -0.4 is 5.56 Å². The molecule has 1 N–H and O–H groups in total. The van der Waals surface area contributed by atoms with Crippen molar-refractivity contribution in [3.63, 3.8) is 0 Å². The van der Waals surface area contributed by atoms with E-state index in [1.165, 1.54) is 10.8 Å². The minimum absolute atomic E-state index is 0.150. The molecular weight excluding hydrogens is 206 g/mol. The molecule has 1 heterocycles. The van der Waals surface area contributed by atoms with Crippen molar-refractivity contribution >= 4 is 16.7 Å². The van der Waals surface area contributed by atoms with Crippen LogP contribution in [0.25, 0.3) is 10.8 Å². The van der Waals surface area contributed by atoms with Crippen LogP contribution in [0.15, 0.2) is 35.3 Å². The highest BCUT2D eigenvalue weighted by Gasteiger charge is 2.12. The minimum atomic E-state index is -1.02. The van der Waals surface area contributed by atoms with Gasteiger partial charge in [-0.3, -0.25) is 4.79 Å². The summed E-state index contributed by atoms with van der Waals surface area (Å²) in [6.45, 7) is 2.27. The van der Waals surface area contributed by atoms with E-state index >= 15 is 0 Å². The number of hydrogen-bond donors (Lipinski definition) is 1. The van der Waals surface area contributed by atoms with Crippen molar-refractivity contribution in [3.05, 3.63) is 46.4 Å². The molecule has 16 heavy (non-hydrogen) atoms. The predicted octanol–water partition coefficient (Wildman–Crippen LogP) is 1.72. The highest BCUT2D eigenvalue weighted by molar-refractivity contribution is 6.02. The molecule has 0 spiro atoms. The lowest BCUT2D eigenvalue weighted by Gasteiger charge is -2.07. The van der Waals surface area contributed by atoms with Crippen molar-refractivity contribution in [1.29, 1.82) is 0 Å². The van der Waals surface area contributed by atoms with Crippen molar-refractivity contribution in [2.24, 2.45) is 0 Å². The van der Waals surface area contributed by atoms with Crippen LogP contribution in [0, 0.1) is 0 Å². The van der Waals surface area contributed by atoms with Crippen molar-refractivity contribution < 1.29 is 9.90 Å². The number of carboxylic acid groups (broad SMARTS) is 1. The van der Waals surface area contributed by atoms with Gasteiger partial charge in [-0.1, -0.05) is 18.2 Å². The zero-order valence-electron chi connectivity index (χ0n) is 8.80. The number of hydrogen-bond acceptors (Lipinski definition) is 2. The van der Waals surface area contributed by atoms with Gasteiger partial charge in [0.2, 0.25) is 0 Å². The molecule has 0 saturated carbocycles. The number of carbonyl (C=O) groups is 1. The maximum Gasteiger partial charge on any atom is 0.337 e. The number of carboxylic acids is 1. The van der Waals surface area contributed by atoms with E-state index in [4.69, 9.17) is 5.11 Å². The van der Waals surface area contributed by atoms with Crippen molar-refractivity contribution in [2.45, 2.75) is 13.5 Å². The number of benzene rings is 1. The van der Waals surface area contributed by atoms with E-state index in [9.17, 15) is 9.59 Å². The van der Waals surface area contributed by atoms with E-state index in [0.717, 1.165) is 0 Å². The molecule has 0 bridgehead atoms. The maximum absolute atomic E-state index is 11.9. The Morgan fingerprint density at radius 2 is 1.94 bits per heavy atom. The Bertz CT molecular complexity index is 613. The largest absolute Gasteiger partial charge is 0.478 e. The Balaban J connectivity index is 2.96. The zero-order chi connectivity index (χ0) is 11.7. The zero-order valence-corrected chi connectivity index (χ0v) is 8.80. The van der Waals surface area contributed by atoms with Crippen LogP contribution in [-0.4, -0.2) is 15.6 Å². The fourth-order valence-electron chi connectivity index (χ4n) is 1.75. The molecule has 0 amide bonds. The first-order valence-electron chi connectivity index (χ1n) is 5.00. The van der Waals surface area contributed by atoms with Gasteiger partial charge in [-0.15, -0.1) is 0 Å². The Labute approximate surface area is 91.8 Å². The summed E-state index contributed by atoms with van der Waals surface area (Å²) in [4.78, 5) is 23.0. The second kappa shape index (κ2) is 3.81. The molecule has 0 saturated heterocycles. The third kappa shape index (κ3) is 1.48. The molecular formula is C12H11NO3. The van der Waals surface area contributed by atoms with E-state index in [1.54, 1.807) is 24.3 Å². The molecule has 0 aliphatic heterocycles. The molecule has 0 unspecified atom stereocenters. The summed E-state index contributed by atoms with van der Waals surface area (Å²) in [6, 6.07) is 6.76. The molecule has 4 nitrogen and oxygen atoms in total. The number of rotatable bonds is 2. The molecule has 82 valence electrons. The van der Waals surface area contributed by atoms with Crippen LogP contribution in [0.4, 0.5) is 0 Å². The van der Waals surface area contributed by atoms with E-state index in [1.807, 2.05) is 6.92 Å². The number of pyridine rings is 1. The average molecular weight is 217 g/mol. The molecule has 4 heteroatoms. The Morgan fingerprint density at radius 3 is 2.50 bits per heavy atom. The van der Waals surface area contributed by atoms with Crippen molar-refractivity contribution in [2.75, 3.05) is 0 Å². The van der Waals surface area contributed by atoms with E-state index < -0.39 is 5.97 Å². The average Bonchev–Trinajstić information content (AvgIpc) is 2.29. The van der Waals surface area contributed by atoms with Crippen LogP contribution in [0.3, 0.4) is 0 Å². The summed E-state index contributed by atoms with van der Waals surface area (Å²) in [7, 11) is 0. The van der Waals surface area contributed by atoms with Gasteiger partial charge in [0.1, 0.15) is 0 Å². The normalized spacial score (nSPS) is 10.6. The standard InChI is InChI=1S/C12H11NO3/c1-2-13-7-10(12(15)16)8-5-3-4-6-9(8)11(13)14/h3-7H,2H2,1H3,(H,15,16). The summed E-state index contributed by atoms with van der Waals surface area (Å²) in [5.41, 5.74) is 0.0140. The fourth-order valence-corrected chi connectivity index (χ4v) is 1.75. The molecule has 0 aliphatic rings. The van der Waals surface area contributed by atoms with Gasteiger partial charge in [0.25, 0.3) is 5.56 Å². The highest BCUT2D eigenvalue weighted by atomic mass is 16.4. The second-order valence-electron chi connectivity index (χ2n) is 3.48. The predicted molar refractivity (Wildman–Crippen MR) is 60.8 cm³/mol. The number of aryl methyl sites for hydroxylation is 1. The van der Waals surface area contributed by atoms with Crippen LogP contribution >= 0.6 is 0 Å². The van der Waals surface area contributed by atoms with E-state index in [2.05, 4.69) is 0 Å². The van der Waals surface area contributed by atoms with Crippen molar-refractivity contribution in [1.82, 2.24) is 4.57 Å². The first kappa shape index (κ1) is 10.4. The Kier molecular flexibility index (Phi) is 2.48. The topological polar surface area (TPSA) is 59.3 Å². The number of nitrogens with zero attached hydrogens (tertiary/aromatic N) is 1. The van der Waals surface area contributed by atoms with Gasteiger partial charge in [-0.25, -0.2) is 4.79 Å². The van der Waals surface area contributed by atoms with Crippen LogP contribution in [0.1, 0.15) is 17.3 Å². The molecule has 0 aliphatic carbocycles. The summed E-state index contributed by atoms with van der Waals surface area (Å²) >= 11 is 0. The summed E-state index contributed by atoms with van der Waals surface area (Å²) in [5, 5.41) is 10.0. The summed E-state index contributed by atoms with van der Waals surface area (Å²) in [5.74, 6) is -1.02. The Hall–Kier alpha value is -2.10. The monoisotopic (exact) mass is 217 g/mol. The minimum Gasteiger partial charge on any atom is -0.478 e. The van der Waals surface area contributed by atoms with Crippen LogP contribution in [0.5, 0.6) is 0 Å². The number of fused-ring (bicyclic) bond motifs is 1. The molecule has 0 radical (unpaired) electrons. The smallest absolute Gasteiger partial charge is 0.337 e. The van der Waals surface area contributed by atoms with E-state index in [0.29, 0.717) is 17.3 Å². The lowest BCUT2D eigenvalue weighted by molar-refractivity contribution is 0.0698. The van der Waals surface area contributed by atoms with Gasteiger partial charge in [-0.2, -0.15) is 0 Å². The third-order valence-corrected chi connectivity index (χ3v) is 2.56. The maximum atomic E-state index is 11.9. The quantitative estimate of drug-likeness (QED) is 0.833. The molecule has 2 rings (SSSR count). The van der Waals surface area contributed by atoms with E-state index in [-0.39, 0.29) is 11.1 Å². The van der Waals surface area contributed by atoms with Gasteiger partial charge in [0, 0.05) is 23.5 Å². The third-order valence-electron chi connectivity index (χ3n) is 2.56. The van der Waals surface area contributed by atoms with Crippen LogP contribution in [-0.2, 0) is 6.54 Å². The first-order chi connectivity index (χ1) is 7.65. The van der Waals surface area contributed by atoms with Crippen LogP contribution in [0.2, 0.25) is 0 Å². The summed E-state index contributed by atoms with van der Waals surface area (Å²) < 4.78 is 1.41. The molecule has 2 aromatic rings. The SMILES string of the molecule is CCn1cc(C(=O)O)c2ccccc2c1=O. The summed E-state index contributed by atoms with van der Waals surface area (Å²) in [6.07, 6.45) is 1.40. The Morgan fingerprint density at radius 1 is 1.31 bits per heavy atom. The molecule has 1 aromatic carbocycles. The molecule has 0 fully saturated rings. The van der Waals surface area contributed by atoms with Crippen molar-refractivity contribution in [3.8, 4) is 0 Å². The second-order valence-corrected chi connectivity index (χ2v) is 3.48. The molecule has 0 atom stereocenters. The number of aromatic carboxylic acids is 1. The van der Waals surface area contributed by atoms with Gasteiger partial charge in [0.05, 0.1) is 5.56 Å². The van der Waals surface area contributed by atoms with Gasteiger partial charge in [0.15, 0.2) is 0 Å². The van der Waals surface area contributed by atoms with Gasteiger partial charge < -0.3 is 9.67 Å². The van der Waals surface area contributed by atoms with Gasteiger partial charge in [-0.05, 0) is 13.0 Å². The highest BCUT2D eigenvalue weighted by Crippen LogP contribution is 2.15. The first-order valence-corrected chi connectivity index (χ1v) is 5.00. The van der Waals surface area contributed by atoms with Gasteiger partial charge >= 0.3 is 5.97 Å². The fraction of sp³-hybridized carbons (Fsp3) is 0.167. The molecule has 1 aromatic heterocycles. The lowest BCUT2D eigenvalue weighted by atomic mass is 10.1. The number of aromatic nitrogens is 1.